The highest BCUT2D eigenvalue weighted by Crippen LogP contribution is 2.35. The van der Waals surface area contributed by atoms with Crippen molar-refractivity contribution < 1.29 is 13.9 Å². The van der Waals surface area contributed by atoms with Crippen molar-refractivity contribution in [2.24, 2.45) is 0 Å². The number of nitrogen functional groups attached to an aromatic ring is 2. The van der Waals surface area contributed by atoms with Crippen molar-refractivity contribution in [1.82, 2.24) is 0 Å². The predicted molar refractivity (Wildman–Crippen MR) is 78.2 cm³/mol. The van der Waals surface area contributed by atoms with Crippen LogP contribution >= 0.6 is 0 Å². The van der Waals surface area contributed by atoms with E-state index in [4.69, 9.17) is 16.2 Å². The van der Waals surface area contributed by atoms with Crippen LogP contribution in [0.1, 0.15) is 11.6 Å². The van der Waals surface area contributed by atoms with Crippen molar-refractivity contribution in [3.8, 4) is 0 Å². The standard InChI is InChI=1S/C15H14FN3O2/c16-11-6-10(7-12(17)14(11)18)19-13(8-21-15(19)20)9-4-2-1-3-5-9/h1-7,13H,8,17-18H2/t13-/m1/s1. The summed E-state index contributed by atoms with van der Waals surface area (Å²) in [4.78, 5) is 13.4. The zero-order valence-electron chi connectivity index (χ0n) is 11.1. The number of rotatable bonds is 2. The third-order valence-electron chi connectivity index (χ3n) is 3.48. The van der Waals surface area contributed by atoms with Gasteiger partial charge in [-0.05, 0) is 11.6 Å². The minimum Gasteiger partial charge on any atom is -0.447 e. The molecule has 1 atom stereocenters. The van der Waals surface area contributed by atoms with Gasteiger partial charge in [0.1, 0.15) is 12.4 Å². The molecule has 0 bridgehead atoms. The van der Waals surface area contributed by atoms with Crippen LogP contribution in [-0.2, 0) is 4.74 Å². The van der Waals surface area contributed by atoms with Gasteiger partial charge in [0.2, 0.25) is 0 Å². The normalized spacial score (nSPS) is 17.9. The number of carbonyl (C=O) groups is 1. The predicted octanol–water partition coefficient (Wildman–Crippen LogP) is 2.69. The highest BCUT2D eigenvalue weighted by Gasteiger charge is 2.35. The molecule has 21 heavy (non-hydrogen) atoms. The number of nitrogens with zero attached hydrogens (tertiary/aromatic N) is 1. The number of nitrogens with two attached hydrogens (primary N) is 2. The van der Waals surface area contributed by atoms with E-state index in [1.165, 1.54) is 17.0 Å². The second-order valence-corrected chi connectivity index (χ2v) is 4.80. The average Bonchev–Trinajstić information content (AvgIpc) is 2.87. The van der Waals surface area contributed by atoms with Crippen molar-refractivity contribution in [1.29, 1.82) is 0 Å². The number of hydrogen-bond donors (Lipinski definition) is 2. The van der Waals surface area contributed by atoms with Crippen LogP contribution in [0.5, 0.6) is 0 Å². The summed E-state index contributed by atoms with van der Waals surface area (Å²) >= 11 is 0. The van der Waals surface area contributed by atoms with Gasteiger partial charge in [0, 0.05) is 6.07 Å². The minimum atomic E-state index is -0.656. The molecule has 1 fully saturated rings. The number of ether oxygens (including phenoxy) is 1. The Hall–Kier alpha value is -2.76. The molecule has 1 aliphatic heterocycles. The first-order valence-electron chi connectivity index (χ1n) is 6.43. The van der Waals surface area contributed by atoms with Crippen LogP contribution < -0.4 is 16.4 Å². The fourth-order valence-electron chi connectivity index (χ4n) is 2.39. The average molecular weight is 287 g/mol. The molecule has 0 aliphatic carbocycles. The summed E-state index contributed by atoms with van der Waals surface area (Å²) in [5.41, 5.74) is 12.4. The smallest absolute Gasteiger partial charge is 0.415 e. The van der Waals surface area contributed by atoms with E-state index in [1.54, 1.807) is 0 Å². The molecule has 3 rings (SSSR count). The van der Waals surface area contributed by atoms with Gasteiger partial charge in [0.25, 0.3) is 0 Å². The lowest BCUT2D eigenvalue weighted by molar-refractivity contribution is 0.179. The Labute approximate surface area is 120 Å². The monoisotopic (exact) mass is 287 g/mol. The molecule has 2 aromatic carbocycles. The molecule has 1 amide bonds. The summed E-state index contributed by atoms with van der Waals surface area (Å²) in [5, 5.41) is 0. The molecule has 1 heterocycles. The van der Waals surface area contributed by atoms with Crippen LogP contribution in [-0.4, -0.2) is 12.7 Å². The van der Waals surface area contributed by atoms with E-state index in [0.29, 0.717) is 5.69 Å². The van der Waals surface area contributed by atoms with E-state index in [2.05, 4.69) is 0 Å². The van der Waals surface area contributed by atoms with E-state index in [9.17, 15) is 9.18 Å². The molecule has 0 radical (unpaired) electrons. The first-order chi connectivity index (χ1) is 10.1. The first kappa shape index (κ1) is 13.2. The van der Waals surface area contributed by atoms with E-state index in [1.807, 2.05) is 30.3 Å². The van der Waals surface area contributed by atoms with Gasteiger partial charge < -0.3 is 16.2 Å². The third kappa shape index (κ3) is 2.24. The maximum Gasteiger partial charge on any atom is 0.415 e. The Bertz CT molecular complexity index is 668. The number of benzene rings is 2. The summed E-state index contributed by atoms with van der Waals surface area (Å²) in [7, 11) is 0. The molecule has 0 spiro atoms. The first-order valence-corrected chi connectivity index (χ1v) is 6.43. The lowest BCUT2D eigenvalue weighted by Crippen LogP contribution is -2.27. The van der Waals surface area contributed by atoms with E-state index >= 15 is 0 Å². The Morgan fingerprint density at radius 3 is 2.57 bits per heavy atom. The molecule has 4 N–H and O–H groups in total. The number of hydrogen-bond acceptors (Lipinski definition) is 4. The number of halogens is 1. The van der Waals surface area contributed by atoms with Crippen LogP contribution in [0.3, 0.4) is 0 Å². The summed E-state index contributed by atoms with van der Waals surface area (Å²) in [6.07, 6.45) is -0.535. The number of cyclic esters (lactones) is 1. The fraction of sp³-hybridized carbons (Fsp3) is 0.133. The molecule has 0 aromatic heterocycles. The zero-order chi connectivity index (χ0) is 15.0. The van der Waals surface area contributed by atoms with E-state index in [0.717, 1.165) is 5.56 Å². The van der Waals surface area contributed by atoms with E-state index < -0.39 is 11.9 Å². The molecule has 0 saturated carbocycles. The van der Waals surface area contributed by atoms with Gasteiger partial charge in [-0.15, -0.1) is 0 Å². The molecule has 0 unspecified atom stereocenters. The summed E-state index contributed by atoms with van der Waals surface area (Å²) < 4.78 is 18.9. The lowest BCUT2D eigenvalue weighted by Gasteiger charge is -2.22. The Morgan fingerprint density at radius 2 is 1.90 bits per heavy atom. The Kier molecular flexibility index (Phi) is 3.13. The van der Waals surface area contributed by atoms with Gasteiger partial charge in [0.05, 0.1) is 23.1 Å². The summed E-state index contributed by atoms with van der Waals surface area (Å²) in [6, 6.07) is 11.7. The third-order valence-corrected chi connectivity index (χ3v) is 3.48. The largest absolute Gasteiger partial charge is 0.447 e. The quantitative estimate of drug-likeness (QED) is 0.832. The van der Waals surface area contributed by atoms with Crippen molar-refractivity contribution in [3.63, 3.8) is 0 Å². The second kappa shape index (κ2) is 4.97. The molecule has 1 aliphatic rings. The van der Waals surface area contributed by atoms with Crippen LogP contribution in [0.4, 0.5) is 26.2 Å². The van der Waals surface area contributed by atoms with Gasteiger partial charge in [-0.25, -0.2) is 9.18 Å². The van der Waals surface area contributed by atoms with Gasteiger partial charge in [-0.2, -0.15) is 0 Å². The highest BCUT2D eigenvalue weighted by molar-refractivity contribution is 5.92. The Morgan fingerprint density at radius 1 is 1.19 bits per heavy atom. The minimum absolute atomic E-state index is 0.0940. The topological polar surface area (TPSA) is 81.6 Å². The van der Waals surface area contributed by atoms with Crippen LogP contribution in [0.15, 0.2) is 42.5 Å². The summed E-state index contributed by atoms with van der Waals surface area (Å²) in [5.74, 6) is -0.656. The molecule has 1 saturated heterocycles. The summed E-state index contributed by atoms with van der Waals surface area (Å²) in [6.45, 7) is 0.203. The SMILES string of the molecule is Nc1cc(N2C(=O)OC[C@@H]2c2ccccc2)cc(F)c1N. The fourth-order valence-corrected chi connectivity index (χ4v) is 2.39. The number of amides is 1. The molecule has 2 aromatic rings. The van der Waals surface area contributed by atoms with Gasteiger partial charge in [0.15, 0.2) is 0 Å². The second-order valence-electron chi connectivity index (χ2n) is 4.80. The molecule has 108 valence electrons. The molecular formula is C15H14FN3O2. The van der Waals surface area contributed by atoms with Gasteiger partial charge in [-0.3, -0.25) is 4.90 Å². The van der Waals surface area contributed by atoms with Crippen molar-refractivity contribution in [3.05, 3.63) is 53.8 Å². The Balaban J connectivity index is 2.04. The van der Waals surface area contributed by atoms with Crippen molar-refractivity contribution in [2.45, 2.75) is 6.04 Å². The zero-order valence-corrected chi connectivity index (χ0v) is 11.1. The van der Waals surface area contributed by atoms with Crippen LogP contribution in [0.25, 0.3) is 0 Å². The van der Waals surface area contributed by atoms with Crippen molar-refractivity contribution in [2.75, 3.05) is 23.0 Å². The van der Waals surface area contributed by atoms with Crippen LogP contribution in [0.2, 0.25) is 0 Å². The maximum atomic E-state index is 13.8. The van der Waals surface area contributed by atoms with Crippen molar-refractivity contribution >= 4 is 23.2 Å². The molecule has 5 nitrogen and oxygen atoms in total. The molecule has 6 heteroatoms. The molecular weight excluding hydrogens is 273 g/mol. The number of carbonyl (C=O) groups excluding carboxylic acids is 1. The van der Waals surface area contributed by atoms with Gasteiger partial charge >= 0.3 is 6.09 Å². The number of anilines is 3. The van der Waals surface area contributed by atoms with Crippen LogP contribution in [0, 0.1) is 5.82 Å². The lowest BCUT2D eigenvalue weighted by atomic mass is 10.1. The van der Waals surface area contributed by atoms with Gasteiger partial charge in [-0.1, -0.05) is 30.3 Å². The highest BCUT2D eigenvalue weighted by atomic mass is 19.1. The maximum absolute atomic E-state index is 13.8. The van der Waals surface area contributed by atoms with E-state index in [-0.39, 0.29) is 24.0 Å².